The van der Waals surface area contributed by atoms with Crippen LogP contribution in [0.2, 0.25) is 0 Å². The highest BCUT2D eigenvalue weighted by Gasteiger charge is 2.15. The molecule has 0 aliphatic heterocycles. The minimum Gasteiger partial charge on any atom is -0.376 e. The molecule has 1 heterocycles. The first-order valence-corrected chi connectivity index (χ1v) is 6.97. The van der Waals surface area contributed by atoms with Crippen molar-refractivity contribution in [3.63, 3.8) is 0 Å². The number of amides is 1. The van der Waals surface area contributed by atoms with Crippen LogP contribution in [-0.4, -0.2) is 42.9 Å². The van der Waals surface area contributed by atoms with Crippen LogP contribution in [-0.2, 0) is 23.6 Å². The lowest BCUT2D eigenvalue weighted by Gasteiger charge is -2.20. The number of rotatable bonds is 4. The van der Waals surface area contributed by atoms with Crippen molar-refractivity contribution >= 4 is 28.3 Å². The number of hydrogen-bond donors (Lipinski definition) is 1. The fourth-order valence-corrected chi connectivity index (χ4v) is 2.40. The largest absolute Gasteiger partial charge is 0.376 e. The van der Waals surface area contributed by atoms with Crippen molar-refractivity contribution in [2.45, 2.75) is 0 Å². The zero-order chi connectivity index (χ0) is 17.3. The maximum atomic E-state index is 12.0. The Balaban J connectivity index is 2.77. The average Bonchev–Trinajstić information content (AvgIpc) is 2.50. The van der Waals surface area contributed by atoms with Gasteiger partial charge in [0.05, 0.1) is 22.4 Å². The van der Waals surface area contributed by atoms with Crippen molar-refractivity contribution < 1.29 is 9.53 Å². The summed E-state index contributed by atoms with van der Waals surface area (Å²) in [6.45, 7) is -0.0723. The molecular weight excluding hydrogens is 300 g/mol. The highest BCUT2D eigenvalue weighted by molar-refractivity contribution is 5.98. The maximum absolute atomic E-state index is 12.0. The summed E-state index contributed by atoms with van der Waals surface area (Å²) in [5.74, 6) is -0.301. The molecule has 1 N–H and O–H groups in total. The van der Waals surface area contributed by atoms with Crippen LogP contribution in [0, 0.1) is 0 Å². The molecule has 2 rings (SSSR count). The zero-order valence-electron chi connectivity index (χ0n) is 13.8. The lowest BCUT2D eigenvalue weighted by Crippen LogP contribution is -2.39. The van der Waals surface area contributed by atoms with E-state index in [2.05, 4.69) is 5.32 Å². The van der Waals surface area contributed by atoms with Crippen LogP contribution < -0.4 is 21.3 Å². The Morgan fingerprint density at radius 2 is 1.65 bits per heavy atom. The lowest BCUT2D eigenvalue weighted by molar-refractivity contribution is -0.119. The molecule has 0 atom stereocenters. The minimum atomic E-state index is -0.619. The normalized spacial score (nSPS) is 10.8. The SMILES string of the molecule is COCC(=O)Nc1cc2c(cc1N(C)C)n(C)c(=O)c(=O)n2C. The van der Waals surface area contributed by atoms with E-state index in [1.165, 1.54) is 23.3 Å². The van der Waals surface area contributed by atoms with E-state index in [-0.39, 0.29) is 12.5 Å². The number of fused-ring (bicyclic) bond motifs is 1. The van der Waals surface area contributed by atoms with Crippen LogP contribution >= 0.6 is 0 Å². The summed E-state index contributed by atoms with van der Waals surface area (Å²) in [6.07, 6.45) is 0. The Morgan fingerprint density at radius 1 is 1.13 bits per heavy atom. The number of carbonyl (C=O) groups is 1. The molecule has 1 aromatic heterocycles. The van der Waals surface area contributed by atoms with Gasteiger partial charge < -0.3 is 24.1 Å². The van der Waals surface area contributed by atoms with Gasteiger partial charge in [-0.25, -0.2) is 0 Å². The quantitative estimate of drug-likeness (QED) is 0.795. The van der Waals surface area contributed by atoms with Gasteiger partial charge in [-0.1, -0.05) is 0 Å². The molecule has 0 saturated heterocycles. The van der Waals surface area contributed by atoms with Gasteiger partial charge in [0.1, 0.15) is 6.61 Å². The number of hydrogen-bond acceptors (Lipinski definition) is 5. The number of methoxy groups -OCH3 is 1. The molecule has 1 aromatic carbocycles. The minimum absolute atomic E-state index is 0.0723. The molecule has 1 amide bonds. The molecule has 0 unspecified atom stereocenters. The van der Waals surface area contributed by atoms with Crippen LogP contribution in [0.5, 0.6) is 0 Å². The molecule has 0 aliphatic rings. The van der Waals surface area contributed by atoms with Crippen LogP contribution in [0.1, 0.15) is 0 Å². The average molecular weight is 320 g/mol. The number of ether oxygens (including phenoxy) is 1. The Kier molecular flexibility index (Phi) is 4.55. The van der Waals surface area contributed by atoms with Gasteiger partial charge >= 0.3 is 11.1 Å². The van der Waals surface area contributed by atoms with E-state index >= 15 is 0 Å². The van der Waals surface area contributed by atoms with E-state index in [0.717, 1.165) is 5.69 Å². The Bertz CT molecular complexity index is 880. The highest BCUT2D eigenvalue weighted by Crippen LogP contribution is 2.29. The molecule has 124 valence electrons. The van der Waals surface area contributed by atoms with Crippen LogP contribution in [0.15, 0.2) is 21.7 Å². The number of nitrogens with one attached hydrogen (secondary N) is 1. The molecule has 8 heteroatoms. The predicted octanol–water partition coefficient (Wildman–Crippen LogP) is -0.112. The monoisotopic (exact) mass is 320 g/mol. The second-order valence-electron chi connectivity index (χ2n) is 5.46. The predicted molar refractivity (Wildman–Crippen MR) is 89.3 cm³/mol. The van der Waals surface area contributed by atoms with E-state index in [0.29, 0.717) is 16.7 Å². The first-order chi connectivity index (χ1) is 10.8. The standard InChI is InChI=1S/C15H20N4O4/c1-17(2)10-7-12-11(6-9(10)16-13(20)8-23-5)18(3)14(21)15(22)19(12)4/h6-7H,8H2,1-5H3,(H,16,20). The summed E-state index contributed by atoms with van der Waals surface area (Å²) >= 11 is 0. The highest BCUT2D eigenvalue weighted by atomic mass is 16.5. The summed E-state index contributed by atoms with van der Waals surface area (Å²) in [7, 11) is 8.17. The first kappa shape index (κ1) is 16.8. The molecule has 23 heavy (non-hydrogen) atoms. The van der Waals surface area contributed by atoms with Gasteiger partial charge in [0.15, 0.2) is 0 Å². The van der Waals surface area contributed by atoms with Crippen molar-refractivity contribution in [1.82, 2.24) is 9.13 Å². The van der Waals surface area contributed by atoms with Gasteiger partial charge in [-0.3, -0.25) is 14.4 Å². The topological polar surface area (TPSA) is 85.6 Å². The van der Waals surface area contributed by atoms with Crippen LogP contribution in [0.25, 0.3) is 11.0 Å². The van der Waals surface area contributed by atoms with E-state index in [4.69, 9.17) is 4.74 Å². The number of nitrogens with zero attached hydrogens (tertiary/aromatic N) is 3. The third-order valence-corrected chi connectivity index (χ3v) is 3.64. The molecule has 0 saturated carbocycles. The second kappa shape index (κ2) is 6.25. The Labute approximate surface area is 132 Å². The van der Waals surface area contributed by atoms with Crippen molar-refractivity contribution in [3.05, 3.63) is 32.8 Å². The molecule has 2 aromatic rings. The second-order valence-corrected chi connectivity index (χ2v) is 5.46. The number of aryl methyl sites for hydroxylation is 2. The first-order valence-electron chi connectivity index (χ1n) is 6.97. The van der Waals surface area contributed by atoms with Crippen LogP contribution in [0.3, 0.4) is 0 Å². The van der Waals surface area contributed by atoms with Crippen molar-refractivity contribution in [2.75, 3.05) is 38.0 Å². The van der Waals surface area contributed by atoms with E-state index in [9.17, 15) is 14.4 Å². The van der Waals surface area contributed by atoms with Gasteiger partial charge in [-0.05, 0) is 12.1 Å². The summed E-state index contributed by atoms with van der Waals surface area (Å²) < 4.78 is 7.41. The molecular formula is C15H20N4O4. The molecule has 0 fully saturated rings. The zero-order valence-corrected chi connectivity index (χ0v) is 13.8. The summed E-state index contributed by atoms with van der Waals surface area (Å²) in [6, 6.07) is 3.44. The van der Waals surface area contributed by atoms with Gasteiger partial charge in [0.2, 0.25) is 5.91 Å². The molecule has 0 spiro atoms. The number of anilines is 2. The van der Waals surface area contributed by atoms with Crippen molar-refractivity contribution in [2.24, 2.45) is 14.1 Å². The molecule has 8 nitrogen and oxygen atoms in total. The molecule has 0 radical (unpaired) electrons. The fourth-order valence-electron chi connectivity index (χ4n) is 2.40. The summed E-state index contributed by atoms with van der Waals surface area (Å²) in [4.78, 5) is 37.6. The van der Waals surface area contributed by atoms with E-state index in [1.807, 2.05) is 19.0 Å². The fraction of sp³-hybridized carbons (Fsp3) is 0.400. The van der Waals surface area contributed by atoms with E-state index < -0.39 is 11.1 Å². The third kappa shape index (κ3) is 2.98. The number of carbonyl (C=O) groups excluding carboxylic acids is 1. The third-order valence-electron chi connectivity index (χ3n) is 3.64. The summed E-state index contributed by atoms with van der Waals surface area (Å²) in [5.41, 5.74) is 1.20. The van der Waals surface area contributed by atoms with Gasteiger partial charge in [-0.15, -0.1) is 0 Å². The molecule has 0 aliphatic carbocycles. The lowest BCUT2D eigenvalue weighted by atomic mass is 10.2. The smallest absolute Gasteiger partial charge is 0.316 e. The van der Waals surface area contributed by atoms with Gasteiger partial charge in [-0.2, -0.15) is 0 Å². The summed E-state index contributed by atoms with van der Waals surface area (Å²) in [5, 5.41) is 2.76. The molecule has 0 bridgehead atoms. The Morgan fingerprint density at radius 3 is 2.13 bits per heavy atom. The van der Waals surface area contributed by atoms with Gasteiger partial charge in [0.25, 0.3) is 0 Å². The van der Waals surface area contributed by atoms with Crippen molar-refractivity contribution in [1.29, 1.82) is 0 Å². The van der Waals surface area contributed by atoms with Crippen LogP contribution in [0.4, 0.5) is 11.4 Å². The Hall–Kier alpha value is -2.61. The van der Waals surface area contributed by atoms with Gasteiger partial charge in [0, 0.05) is 35.3 Å². The van der Waals surface area contributed by atoms with E-state index in [1.54, 1.807) is 19.2 Å². The van der Waals surface area contributed by atoms with Crippen molar-refractivity contribution in [3.8, 4) is 0 Å². The number of aromatic nitrogens is 2. The number of benzene rings is 1. The maximum Gasteiger partial charge on any atom is 0.316 e.